The Balaban J connectivity index is 1.37. The van der Waals surface area contributed by atoms with E-state index in [4.69, 9.17) is 0 Å². The van der Waals surface area contributed by atoms with E-state index in [1.807, 2.05) is 23.2 Å². The fraction of sp³-hybridized carbons (Fsp3) is 0.429. The van der Waals surface area contributed by atoms with Crippen molar-refractivity contribution in [1.82, 2.24) is 20.1 Å². The number of hydrogen-bond acceptors (Lipinski definition) is 3. The number of benzene rings is 1. The Kier molecular flexibility index (Phi) is 5.34. The number of halogens is 1. The summed E-state index contributed by atoms with van der Waals surface area (Å²) < 4.78 is 13.3. The molecular formula is C21H25FN4O. The smallest absolute Gasteiger partial charge is 0.317 e. The summed E-state index contributed by atoms with van der Waals surface area (Å²) in [6.07, 6.45) is 5.92. The van der Waals surface area contributed by atoms with Crippen LogP contribution in [0.4, 0.5) is 9.18 Å². The molecule has 0 radical (unpaired) electrons. The zero-order chi connectivity index (χ0) is 18.6. The van der Waals surface area contributed by atoms with Gasteiger partial charge in [-0.15, -0.1) is 0 Å². The van der Waals surface area contributed by atoms with Gasteiger partial charge in [-0.3, -0.25) is 9.88 Å². The van der Waals surface area contributed by atoms with Gasteiger partial charge in [0.05, 0.1) is 0 Å². The van der Waals surface area contributed by atoms with Crippen LogP contribution >= 0.6 is 0 Å². The highest BCUT2D eigenvalue weighted by molar-refractivity contribution is 5.74. The van der Waals surface area contributed by atoms with Crippen molar-refractivity contribution in [1.29, 1.82) is 0 Å². The maximum absolute atomic E-state index is 13.3. The van der Waals surface area contributed by atoms with Crippen LogP contribution in [0.1, 0.15) is 24.0 Å². The number of urea groups is 1. The van der Waals surface area contributed by atoms with Crippen LogP contribution in [-0.2, 0) is 13.1 Å². The van der Waals surface area contributed by atoms with E-state index in [-0.39, 0.29) is 17.9 Å². The van der Waals surface area contributed by atoms with Crippen LogP contribution in [0, 0.1) is 11.7 Å². The largest absolute Gasteiger partial charge is 0.334 e. The number of carbonyl (C=O) groups excluding carboxylic acids is 1. The van der Waals surface area contributed by atoms with Crippen molar-refractivity contribution in [3.63, 3.8) is 0 Å². The van der Waals surface area contributed by atoms with Crippen molar-refractivity contribution in [3.8, 4) is 0 Å². The topological polar surface area (TPSA) is 48.5 Å². The summed E-state index contributed by atoms with van der Waals surface area (Å²) in [7, 11) is 0. The molecule has 2 aromatic rings. The van der Waals surface area contributed by atoms with Gasteiger partial charge in [-0.1, -0.05) is 18.2 Å². The molecule has 1 aromatic heterocycles. The number of pyridine rings is 1. The molecule has 142 valence electrons. The van der Waals surface area contributed by atoms with Gasteiger partial charge in [0, 0.05) is 51.2 Å². The van der Waals surface area contributed by atoms with Gasteiger partial charge in [0.15, 0.2) is 0 Å². The molecule has 0 saturated carbocycles. The first-order valence-corrected chi connectivity index (χ1v) is 9.57. The molecule has 5 nitrogen and oxygen atoms in total. The number of nitrogens with one attached hydrogen (secondary N) is 1. The first-order chi connectivity index (χ1) is 13.2. The lowest BCUT2D eigenvalue weighted by molar-refractivity contribution is 0.140. The number of nitrogens with zero attached hydrogens (tertiary/aromatic N) is 3. The quantitative estimate of drug-likeness (QED) is 0.902. The molecule has 0 spiro atoms. The number of amides is 2. The highest BCUT2D eigenvalue weighted by Crippen LogP contribution is 2.28. The van der Waals surface area contributed by atoms with E-state index in [1.165, 1.54) is 24.1 Å². The van der Waals surface area contributed by atoms with Gasteiger partial charge in [-0.2, -0.15) is 0 Å². The lowest BCUT2D eigenvalue weighted by Gasteiger charge is -2.36. The summed E-state index contributed by atoms with van der Waals surface area (Å²) in [5.74, 6) is 0.224. The van der Waals surface area contributed by atoms with Crippen molar-refractivity contribution in [3.05, 3.63) is 65.7 Å². The molecule has 1 aromatic carbocycles. The van der Waals surface area contributed by atoms with E-state index in [1.54, 1.807) is 12.3 Å². The minimum Gasteiger partial charge on any atom is -0.334 e. The predicted octanol–water partition coefficient (Wildman–Crippen LogP) is 3.03. The maximum atomic E-state index is 13.3. The molecule has 4 heterocycles. The van der Waals surface area contributed by atoms with Crippen molar-refractivity contribution in [2.45, 2.75) is 32.0 Å². The number of aromatic nitrogens is 1. The second-order valence-electron chi connectivity index (χ2n) is 7.59. The van der Waals surface area contributed by atoms with Crippen molar-refractivity contribution >= 4 is 6.03 Å². The Bertz CT molecular complexity index is 785. The van der Waals surface area contributed by atoms with Crippen LogP contribution in [0.15, 0.2) is 48.8 Å². The van der Waals surface area contributed by atoms with Crippen LogP contribution in [0.25, 0.3) is 0 Å². The summed E-state index contributed by atoms with van der Waals surface area (Å²) in [4.78, 5) is 21.4. The zero-order valence-corrected chi connectivity index (χ0v) is 15.4. The molecule has 6 heteroatoms. The minimum atomic E-state index is -0.276. The maximum Gasteiger partial charge on any atom is 0.317 e. The van der Waals surface area contributed by atoms with Crippen LogP contribution in [0.2, 0.25) is 0 Å². The highest BCUT2D eigenvalue weighted by Gasteiger charge is 2.37. The number of rotatable bonds is 4. The second kappa shape index (κ2) is 8.05. The molecule has 3 fully saturated rings. The third-order valence-corrected chi connectivity index (χ3v) is 5.51. The fourth-order valence-corrected chi connectivity index (χ4v) is 4.23. The molecule has 27 heavy (non-hydrogen) atoms. The van der Waals surface area contributed by atoms with Gasteiger partial charge in [0.1, 0.15) is 5.82 Å². The average Bonchev–Trinajstić information content (AvgIpc) is 2.97. The van der Waals surface area contributed by atoms with Crippen LogP contribution < -0.4 is 5.32 Å². The average molecular weight is 368 g/mol. The van der Waals surface area contributed by atoms with Crippen LogP contribution in [0.3, 0.4) is 0 Å². The number of carbonyl (C=O) groups is 1. The molecular weight excluding hydrogens is 343 g/mol. The molecule has 3 aliphatic heterocycles. The van der Waals surface area contributed by atoms with Crippen molar-refractivity contribution in [2.75, 3.05) is 19.6 Å². The molecule has 0 unspecified atom stereocenters. The Labute approximate surface area is 159 Å². The SMILES string of the molecule is O=C(NCc1cccc(F)c1)N1C[C@H]2CC[C@@H]1CN(Cc1cccnc1)C2. The second-order valence-corrected chi connectivity index (χ2v) is 7.59. The third kappa shape index (κ3) is 4.45. The Morgan fingerprint density at radius 2 is 2.04 bits per heavy atom. The number of hydrogen-bond donors (Lipinski definition) is 1. The lowest BCUT2D eigenvalue weighted by atomic mass is 9.95. The summed E-state index contributed by atoms with van der Waals surface area (Å²) in [6, 6.07) is 10.6. The summed E-state index contributed by atoms with van der Waals surface area (Å²) in [5.41, 5.74) is 1.99. The molecule has 2 atom stereocenters. The summed E-state index contributed by atoms with van der Waals surface area (Å²) >= 11 is 0. The summed E-state index contributed by atoms with van der Waals surface area (Å²) in [6.45, 7) is 3.92. The van der Waals surface area contributed by atoms with Gasteiger partial charge in [-0.05, 0) is 48.1 Å². The van der Waals surface area contributed by atoms with Gasteiger partial charge in [0.2, 0.25) is 0 Å². The first-order valence-electron chi connectivity index (χ1n) is 9.57. The van der Waals surface area contributed by atoms with Gasteiger partial charge < -0.3 is 10.2 Å². The van der Waals surface area contributed by atoms with E-state index in [2.05, 4.69) is 21.3 Å². The molecule has 5 rings (SSSR count). The van der Waals surface area contributed by atoms with E-state index in [0.717, 1.165) is 38.2 Å². The molecule has 2 bridgehead atoms. The van der Waals surface area contributed by atoms with Gasteiger partial charge >= 0.3 is 6.03 Å². The monoisotopic (exact) mass is 368 g/mol. The standard InChI is InChI=1S/C21H25FN4O/c22-19-5-1-3-16(9-19)11-24-21(27)26-14-18-6-7-20(26)15-25(13-18)12-17-4-2-8-23-10-17/h1-5,8-10,18,20H,6-7,11-15H2,(H,24,27)/t18-,20+/m0/s1. The Morgan fingerprint density at radius 3 is 2.85 bits per heavy atom. The molecule has 1 N–H and O–H groups in total. The summed E-state index contributed by atoms with van der Waals surface area (Å²) in [5, 5.41) is 2.96. The van der Waals surface area contributed by atoms with Crippen LogP contribution in [0.5, 0.6) is 0 Å². The molecule has 0 aliphatic carbocycles. The lowest BCUT2D eigenvalue weighted by Crippen LogP contribution is -2.51. The molecule has 3 saturated heterocycles. The van der Waals surface area contributed by atoms with Gasteiger partial charge in [0.25, 0.3) is 0 Å². The van der Waals surface area contributed by atoms with E-state index < -0.39 is 0 Å². The van der Waals surface area contributed by atoms with Crippen molar-refractivity contribution in [2.24, 2.45) is 5.92 Å². The highest BCUT2D eigenvalue weighted by atomic mass is 19.1. The number of piperidine rings is 1. The Morgan fingerprint density at radius 1 is 1.15 bits per heavy atom. The zero-order valence-electron chi connectivity index (χ0n) is 15.4. The van der Waals surface area contributed by atoms with Crippen molar-refractivity contribution < 1.29 is 9.18 Å². The van der Waals surface area contributed by atoms with E-state index >= 15 is 0 Å². The van der Waals surface area contributed by atoms with Gasteiger partial charge in [-0.25, -0.2) is 9.18 Å². The predicted molar refractivity (Wildman–Crippen MR) is 101 cm³/mol. The molecule has 3 aliphatic rings. The number of fused-ring (bicyclic) bond motifs is 4. The van der Waals surface area contributed by atoms with E-state index in [0.29, 0.717) is 12.5 Å². The fourth-order valence-electron chi connectivity index (χ4n) is 4.23. The minimum absolute atomic E-state index is 0.0443. The third-order valence-electron chi connectivity index (χ3n) is 5.51. The Hall–Kier alpha value is -2.47. The van der Waals surface area contributed by atoms with E-state index in [9.17, 15) is 9.18 Å². The molecule has 2 amide bonds. The van der Waals surface area contributed by atoms with Crippen LogP contribution in [-0.4, -0.2) is 46.5 Å². The first kappa shape index (κ1) is 17.9. The normalized spacial score (nSPS) is 22.5.